The summed E-state index contributed by atoms with van der Waals surface area (Å²) < 4.78 is 37.3. The van der Waals surface area contributed by atoms with Crippen LogP contribution in [-0.2, 0) is 11.8 Å². The van der Waals surface area contributed by atoms with Crippen molar-refractivity contribution in [1.82, 2.24) is 0 Å². The van der Waals surface area contributed by atoms with Gasteiger partial charge in [-0.15, -0.1) is 0 Å². The van der Waals surface area contributed by atoms with Crippen LogP contribution in [0.4, 0.5) is 13.2 Å². The molecule has 1 aromatic rings. The lowest BCUT2D eigenvalue weighted by Gasteiger charge is -2.39. The van der Waals surface area contributed by atoms with Gasteiger partial charge in [-0.3, -0.25) is 0 Å². The van der Waals surface area contributed by atoms with E-state index < -0.39 is 22.8 Å². The van der Waals surface area contributed by atoms with E-state index in [0.29, 0.717) is 5.56 Å². The molecule has 0 aliphatic heterocycles. The quantitative estimate of drug-likeness (QED) is 0.878. The van der Waals surface area contributed by atoms with Gasteiger partial charge in [-0.25, -0.2) is 0 Å². The Labute approximate surface area is 105 Å². The lowest BCUT2D eigenvalue weighted by Crippen LogP contribution is -2.44. The number of halogens is 3. The van der Waals surface area contributed by atoms with Gasteiger partial charge in [-0.2, -0.15) is 13.2 Å². The van der Waals surface area contributed by atoms with Gasteiger partial charge in [0.2, 0.25) is 0 Å². The summed E-state index contributed by atoms with van der Waals surface area (Å²) in [5.41, 5.74) is 3.36. The molecule has 5 heteroatoms. The fourth-order valence-corrected chi connectivity index (χ4v) is 1.57. The summed E-state index contributed by atoms with van der Waals surface area (Å²) in [7, 11) is 0. The van der Waals surface area contributed by atoms with E-state index in [1.165, 1.54) is 12.1 Å². The molecule has 0 aliphatic carbocycles. The summed E-state index contributed by atoms with van der Waals surface area (Å²) in [6.45, 7) is 5.32. The summed E-state index contributed by atoms with van der Waals surface area (Å²) in [5.74, 6) is 0. The van der Waals surface area contributed by atoms with Gasteiger partial charge in [0.25, 0.3) is 0 Å². The third-order valence-corrected chi connectivity index (χ3v) is 3.60. The fraction of sp³-hybridized carbons (Fsp3) is 0.538. The minimum absolute atomic E-state index is 0.223. The van der Waals surface area contributed by atoms with Crippen LogP contribution in [0.1, 0.15) is 31.9 Å². The molecule has 0 aromatic heterocycles. The van der Waals surface area contributed by atoms with Crippen molar-refractivity contribution in [1.29, 1.82) is 0 Å². The molecule has 0 heterocycles. The van der Waals surface area contributed by atoms with Gasteiger partial charge in [0.1, 0.15) is 0 Å². The van der Waals surface area contributed by atoms with Crippen LogP contribution in [0.15, 0.2) is 24.3 Å². The molecule has 18 heavy (non-hydrogen) atoms. The smallest absolute Gasteiger partial charge is 0.385 e. The number of aliphatic hydroxyl groups is 1. The van der Waals surface area contributed by atoms with Gasteiger partial charge in [-0.05, 0) is 24.6 Å². The van der Waals surface area contributed by atoms with Gasteiger partial charge in [-0.1, -0.05) is 26.0 Å². The summed E-state index contributed by atoms with van der Waals surface area (Å²) in [6, 6.07) is 4.52. The maximum absolute atomic E-state index is 12.4. The normalized spacial score (nSPS) is 16.4. The SMILES string of the molecule is CC(C)(CN)C(C)(O)c1ccc(C(F)(F)F)cc1. The zero-order valence-corrected chi connectivity index (χ0v) is 10.7. The van der Waals surface area contributed by atoms with E-state index in [0.717, 1.165) is 12.1 Å². The number of hydrogen-bond donors (Lipinski definition) is 2. The highest BCUT2D eigenvalue weighted by Crippen LogP contribution is 2.39. The standard InChI is InChI=1S/C13H18F3NO/c1-11(2,8-17)12(3,18)9-4-6-10(7-5-9)13(14,15)16/h4-7,18H,8,17H2,1-3H3. The monoisotopic (exact) mass is 261 g/mol. The maximum Gasteiger partial charge on any atom is 0.416 e. The second kappa shape index (κ2) is 4.55. The van der Waals surface area contributed by atoms with Gasteiger partial charge in [0.05, 0.1) is 11.2 Å². The van der Waals surface area contributed by atoms with E-state index >= 15 is 0 Å². The Hall–Kier alpha value is -1.07. The Bertz CT molecular complexity index is 407. The Morgan fingerprint density at radius 1 is 1.00 bits per heavy atom. The number of rotatable bonds is 3. The first-order valence-electron chi connectivity index (χ1n) is 5.62. The number of alkyl halides is 3. The largest absolute Gasteiger partial charge is 0.416 e. The van der Waals surface area contributed by atoms with Crippen LogP contribution in [0.5, 0.6) is 0 Å². The van der Waals surface area contributed by atoms with Crippen molar-refractivity contribution in [3.8, 4) is 0 Å². The summed E-state index contributed by atoms with van der Waals surface area (Å²) in [4.78, 5) is 0. The Kier molecular flexibility index (Phi) is 3.79. The molecular formula is C13H18F3NO. The van der Waals surface area contributed by atoms with E-state index in [1.807, 2.05) is 0 Å². The minimum Gasteiger partial charge on any atom is -0.385 e. The molecule has 0 radical (unpaired) electrons. The second-order valence-electron chi connectivity index (χ2n) is 5.24. The number of nitrogens with two attached hydrogens (primary N) is 1. The molecule has 1 unspecified atom stereocenters. The van der Waals surface area contributed by atoms with Crippen molar-refractivity contribution >= 4 is 0 Å². The van der Waals surface area contributed by atoms with Crippen LogP contribution in [0.2, 0.25) is 0 Å². The summed E-state index contributed by atoms with van der Waals surface area (Å²) >= 11 is 0. The van der Waals surface area contributed by atoms with Crippen molar-refractivity contribution in [2.75, 3.05) is 6.54 Å². The molecule has 3 N–H and O–H groups in total. The molecule has 0 aliphatic rings. The Morgan fingerprint density at radius 2 is 1.39 bits per heavy atom. The molecule has 1 atom stereocenters. The fourth-order valence-electron chi connectivity index (χ4n) is 1.57. The lowest BCUT2D eigenvalue weighted by atomic mass is 9.72. The predicted molar refractivity (Wildman–Crippen MR) is 63.9 cm³/mol. The van der Waals surface area contributed by atoms with Crippen LogP contribution in [-0.4, -0.2) is 11.7 Å². The van der Waals surface area contributed by atoms with E-state index in [9.17, 15) is 18.3 Å². The van der Waals surface area contributed by atoms with Crippen LogP contribution < -0.4 is 5.73 Å². The summed E-state index contributed by atoms with van der Waals surface area (Å²) in [5, 5.41) is 10.4. The van der Waals surface area contributed by atoms with Crippen molar-refractivity contribution in [2.24, 2.45) is 11.1 Å². The first-order valence-corrected chi connectivity index (χ1v) is 5.62. The zero-order valence-electron chi connectivity index (χ0n) is 10.7. The second-order valence-corrected chi connectivity index (χ2v) is 5.24. The molecular weight excluding hydrogens is 243 g/mol. The maximum atomic E-state index is 12.4. The highest BCUT2D eigenvalue weighted by molar-refractivity contribution is 5.29. The average molecular weight is 261 g/mol. The molecule has 0 fully saturated rings. The average Bonchev–Trinajstić information content (AvgIpc) is 2.27. The topological polar surface area (TPSA) is 46.2 Å². The molecule has 1 aromatic carbocycles. The van der Waals surface area contributed by atoms with E-state index in [4.69, 9.17) is 5.73 Å². The van der Waals surface area contributed by atoms with Crippen LogP contribution >= 0.6 is 0 Å². The molecule has 0 spiro atoms. The molecule has 0 saturated heterocycles. The van der Waals surface area contributed by atoms with E-state index in [2.05, 4.69) is 0 Å². The predicted octanol–water partition coefficient (Wildman–Crippen LogP) is 2.90. The third-order valence-electron chi connectivity index (χ3n) is 3.60. The first-order chi connectivity index (χ1) is 8.02. The van der Waals surface area contributed by atoms with Crippen molar-refractivity contribution in [3.05, 3.63) is 35.4 Å². The van der Waals surface area contributed by atoms with Crippen LogP contribution in [0, 0.1) is 5.41 Å². The minimum atomic E-state index is -4.37. The lowest BCUT2D eigenvalue weighted by molar-refractivity contribution is -0.137. The van der Waals surface area contributed by atoms with Gasteiger partial charge >= 0.3 is 6.18 Å². The van der Waals surface area contributed by atoms with Crippen molar-refractivity contribution in [3.63, 3.8) is 0 Å². The van der Waals surface area contributed by atoms with Gasteiger partial charge < -0.3 is 10.8 Å². The molecule has 2 nitrogen and oxygen atoms in total. The highest BCUT2D eigenvalue weighted by atomic mass is 19.4. The van der Waals surface area contributed by atoms with Crippen LogP contribution in [0.25, 0.3) is 0 Å². The highest BCUT2D eigenvalue weighted by Gasteiger charge is 2.40. The molecule has 0 amide bonds. The molecule has 0 saturated carbocycles. The van der Waals surface area contributed by atoms with Gasteiger partial charge in [0, 0.05) is 12.0 Å². The van der Waals surface area contributed by atoms with E-state index in [-0.39, 0.29) is 6.54 Å². The Balaban J connectivity index is 3.13. The number of benzene rings is 1. The van der Waals surface area contributed by atoms with Crippen LogP contribution in [0.3, 0.4) is 0 Å². The molecule has 102 valence electrons. The van der Waals surface area contributed by atoms with Gasteiger partial charge in [0.15, 0.2) is 0 Å². The van der Waals surface area contributed by atoms with Crippen molar-refractivity contribution < 1.29 is 18.3 Å². The molecule has 0 bridgehead atoms. The Morgan fingerprint density at radius 3 is 1.72 bits per heavy atom. The van der Waals surface area contributed by atoms with E-state index in [1.54, 1.807) is 20.8 Å². The third kappa shape index (κ3) is 2.67. The first kappa shape index (κ1) is 15.0. The summed E-state index contributed by atoms with van der Waals surface area (Å²) in [6.07, 6.45) is -4.37. The van der Waals surface area contributed by atoms with Crippen molar-refractivity contribution in [2.45, 2.75) is 32.5 Å². The zero-order chi connectivity index (χ0) is 14.2. The number of hydrogen-bond acceptors (Lipinski definition) is 2. The molecule has 1 rings (SSSR count).